The van der Waals surface area contributed by atoms with E-state index >= 15 is 0 Å². The summed E-state index contributed by atoms with van der Waals surface area (Å²) in [6, 6.07) is 17.1. The van der Waals surface area contributed by atoms with Gasteiger partial charge in [-0.1, -0.05) is 35.9 Å². The van der Waals surface area contributed by atoms with Crippen LogP contribution >= 0.6 is 11.6 Å². The molecule has 1 aliphatic rings. The monoisotopic (exact) mass is 489 g/mol. The fraction of sp³-hybridized carbons (Fsp3) is 0.375. The van der Waals surface area contributed by atoms with Crippen molar-refractivity contribution in [2.45, 2.75) is 38.0 Å². The van der Waals surface area contributed by atoms with E-state index in [1.54, 1.807) is 29.9 Å². The first kappa shape index (κ1) is 23.6. The summed E-state index contributed by atoms with van der Waals surface area (Å²) in [6.07, 6.45) is 1.12. The molecular formula is C24H28ClN3O4S. The summed E-state index contributed by atoms with van der Waals surface area (Å²) in [6.45, 7) is 4.31. The third-order valence-corrected chi connectivity index (χ3v) is 8.31. The van der Waals surface area contributed by atoms with E-state index in [1.807, 2.05) is 54.6 Å². The van der Waals surface area contributed by atoms with Gasteiger partial charge < -0.3 is 9.47 Å². The van der Waals surface area contributed by atoms with E-state index in [2.05, 4.69) is 0 Å². The number of benzene rings is 2. The summed E-state index contributed by atoms with van der Waals surface area (Å²) in [4.78, 5) is 0. The van der Waals surface area contributed by atoms with Gasteiger partial charge in [0.15, 0.2) is 0 Å². The average molecular weight is 490 g/mol. The minimum Gasteiger partial charge on any atom is -0.494 e. The van der Waals surface area contributed by atoms with E-state index in [-0.39, 0.29) is 6.10 Å². The number of piperidine rings is 1. The van der Waals surface area contributed by atoms with Crippen LogP contribution in [0.5, 0.6) is 11.6 Å². The summed E-state index contributed by atoms with van der Waals surface area (Å²) < 4.78 is 40.0. The van der Waals surface area contributed by atoms with E-state index in [9.17, 15) is 8.42 Å². The molecule has 7 nitrogen and oxygen atoms in total. The minimum atomic E-state index is -3.25. The lowest BCUT2D eigenvalue weighted by molar-refractivity contribution is 0.129. The number of hydrogen-bond acceptors (Lipinski definition) is 5. The van der Waals surface area contributed by atoms with Gasteiger partial charge >= 0.3 is 0 Å². The van der Waals surface area contributed by atoms with Gasteiger partial charge in [0.1, 0.15) is 17.5 Å². The van der Waals surface area contributed by atoms with E-state index in [4.69, 9.17) is 26.2 Å². The first-order chi connectivity index (χ1) is 15.8. The molecule has 33 heavy (non-hydrogen) atoms. The Morgan fingerprint density at radius 1 is 1.06 bits per heavy atom. The molecule has 0 amide bonds. The molecule has 1 aliphatic heterocycles. The van der Waals surface area contributed by atoms with Gasteiger partial charge in [0.2, 0.25) is 15.9 Å². The largest absolute Gasteiger partial charge is 0.494 e. The van der Waals surface area contributed by atoms with Gasteiger partial charge in [-0.2, -0.15) is 0 Å². The maximum Gasteiger partial charge on any atom is 0.234 e. The van der Waals surface area contributed by atoms with Gasteiger partial charge in [-0.15, -0.1) is 5.10 Å². The molecule has 176 valence electrons. The highest BCUT2D eigenvalue weighted by atomic mass is 35.5. The Kier molecular flexibility index (Phi) is 6.97. The minimum absolute atomic E-state index is 0.109. The molecular weight excluding hydrogens is 462 g/mol. The molecule has 1 saturated heterocycles. The maximum atomic E-state index is 12.4. The zero-order valence-corrected chi connectivity index (χ0v) is 20.5. The molecule has 0 aliphatic carbocycles. The van der Waals surface area contributed by atoms with Crippen molar-refractivity contribution in [2.75, 3.05) is 20.2 Å². The van der Waals surface area contributed by atoms with Crippen molar-refractivity contribution in [3.63, 3.8) is 0 Å². The van der Waals surface area contributed by atoms with Gasteiger partial charge in [-0.3, -0.25) is 0 Å². The maximum absolute atomic E-state index is 12.4. The van der Waals surface area contributed by atoms with Crippen LogP contribution in [-0.4, -0.2) is 54.1 Å². The summed E-state index contributed by atoms with van der Waals surface area (Å²) >= 11 is 6.09. The number of aromatic nitrogens is 2. The highest BCUT2D eigenvalue weighted by molar-refractivity contribution is 7.89. The summed E-state index contributed by atoms with van der Waals surface area (Å²) in [5.41, 5.74) is 2.56. The molecule has 1 fully saturated rings. The Morgan fingerprint density at radius 3 is 2.36 bits per heavy atom. The van der Waals surface area contributed by atoms with E-state index < -0.39 is 15.3 Å². The van der Waals surface area contributed by atoms with Crippen molar-refractivity contribution < 1.29 is 17.9 Å². The molecule has 0 atom stereocenters. The predicted molar refractivity (Wildman–Crippen MR) is 130 cm³/mol. The summed E-state index contributed by atoms with van der Waals surface area (Å²) in [7, 11) is -1.62. The lowest BCUT2D eigenvalue weighted by Gasteiger charge is -2.32. The number of hydrogen-bond donors (Lipinski definition) is 0. The van der Waals surface area contributed by atoms with Crippen LogP contribution < -0.4 is 9.47 Å². The Hall–Kier alpha value is -2.55. The van der Waals surface area contributed by atoms with Crippen molar-refractivity contribution in [1.29, 1.82) is 0 Å². The number of ether oxygens (including phenoxy) is 2. The second kappa shape index (κ2) is 9.75. The molecule has 3 aromatic rings. The number of para-hydroxylation sites is 2. The smallest absolute Gasteiger partial charge is 0.234 e. The molecule has 2 aromatic carbocycles. The van der Waals surface area contributed by atoms with Crippen LogP contribution in [0.1, 0.15) is 26.7 Å². The molecule has 0 radical (unpaired) electrons. The summed E-state index contributed by atoms with van der Waals surface area (Å²) in [5.74, 6) is 1.17. The SMILES string of the molecule is COc1ccccc1-n1nc(OC2CCN(S(=O)(=O)C(C)C)CC2)cc1-c1ccc(Cl)cc1. The third kappa shape index (κ3) is 5.03. The number of methoxy groups -OCH3 is 1. The lowest BCUT2D eigenvalue weighted by Crippen LogP contribution is -2.44. The molecule has 0 unspecified atom stereocenters. The Balaban J connectivity index is 1.61. The lowest BCUT2D eigenvalue weighted by atomic mass is 10.1. The molecule has 0 saturated carbocycles. The first-order valence-corrected chi connectivity index (χ1v) is 12.8. The van der Waals surface area contributed by atoms with Crippen LogP contribution in [0.2, 0.25) is 5.02 Å². The van der Waals surface area contributed by atoms with Crippen molar-refractivity contribution in [1.82, 2.24) is 14.1 Å². The van der Waals surface area contributed by atoms with Gasteiger partial charge in [-0.25, -0.2) is 17.4 Å². The topological polar surface area (TPSA) is 73.7 Å². The van der Waals surface area contributed by atoms with Crippen LogP contribution in [0.3, 0.4) is 0 Å². The van der Waals surface area contributed by atoms with Gasteiger partial charge in [0, 0.05) is 29.7 Å². The third-order valence-electron chi connectivity index (χ3n) is 5.78. The average Bonchev–Trinajstić information content (AvgIpc) is 3.23. The highest BCUT2D eigenvalue weighted by Crippen LogP contribution is 2.32. The highest BCUT2D eigenvalue weighted by Gasteiger charge is 2.31. The van der Waals surface area contributed by atoms with Crippen LogP contribution in [0.25, 0.3) is 16.9 Å². The predicted octanol–water partition coefficient (Wildman–Crippen LogP) is 4.78. The summed E-state index contributed by atoms with van der Waals surface area (Å²) in [5, 5.41) is 4.96. The van der Waals surface area contributed by atoms with Crippen molar-refractivity contribution in [2.24, 2.45) is 0 Å². The molecule has 9 heteroatoms. The van der Waals surface area contributed by atoms with Gasteiger partial charge in [-0.05, 0) is 51.0 Å². The fourth-order valence-electron chi connectivity index (χ4n) is 3.90. The van der Waals surface area contributed by atoms with Crippen LogP contribution in [0, 0.1) is 0 Å². The fourth-order valence-corrected chi connectivity index (χ4v) is 5.35. The Morgan fingerprint density at radius 2 is 1.73 bits per heavy atom. The number of nitrogens with zero attached hydrogens (tertiary/aromatic N) is 3. The van der Waals surface area contributed by atoms with Gasteiger partial charge in [0.25, 0.3) is 0 Å². The number of sulfonamides is 1. The zero-order valence-electron chi connectivity index (χ0n) is 18.9. The van der Waals surface area contributed by atoms with Crippen LogP contribution in [0.15, 0.2) is 54.6 Å². The van der Waals surface area contributed by atoms with Crippen LogP contribution in [0.4, 0.5) is 0 Å². The quantitative estimate of drug-likeness (QED) is 0.477. The van der Waals surface area contributed by atoms with Crippen molar-refractivity contribution in [3.8, 4) is 28.6 Å². The second-order valence-electron chi connectivity index (χ2n) is 8.27. The Bertz CT molecular complexity index is 1200. The second-order valence-corrected chi connectivity index (χ2v) is 11.2. The van der Waals surface area contributed by atoms with Crippen LogP contribution in [-0.2, 0) is 10.0 Å². The van der Waals surface area contributed by atoms with Gasteiger partial charge in [0.05, 0.1) is 18.1 Å². The number of rotatable bonds is 7. The molecule has 4 rings (SSSR count). The van der Waals surface area contributed by atoms with E-state index in [0.29, 0.717) is 42.6 Å². The van der Waals surface area contributed by atoms with Crippen molar-refractivity contribution in [3.05, 3.63) is 59.6 Å². The van der Waals surface area contributed by atoms with E-state index in [1.165, 1.54) is 0 Å². The Labute approximate surface area is 199 Å². The molecule has 0 bridgehead atoms. The molecule has 2 heterocycles. The van der Waals surface area contributed by atoms with Crippen molar-refractivity contribution >= 4 is 21.6 Å². The first-order valence-electron chi connectivity index (χ1n) is 10.9. The molecule has 0 N–H and O–H groups in total. The van der Waals surface area contributed by atoms with E-state index in [0.717, 1.165) is 16.9 Å². The standard InChI is InChI=1S/C24H28ClN3O4S/c1-17(2)33(29,30)27-14-12-20(13-15-27)32-24-16-22(18-8-10-19(25)11-9-18)28(26-24)21-6-4-5-7-23(21)31-3/h4-11,16-17,20H,12-15H2,1-3H3. The molecule has 1 aromatic heterocycles. The molecule has 0 spiro atoms. The normalized spacial score (nSPS) is 15.7. The zero-order chi connectivity index (χ0) is 23.6. The number of halogens is 1.